The minimum atomic E-state index is 0.891. The second-order valence-corrected chi connectivity index (χ2v) is 2.08. The first kappa shape index (κ1) is 7.77. The molecule has 0 aromatic carbocycles. The van der Waals surface area contributed by atoms with Crippen LogP contribution in [0.15, 0.2) is 23.8 Å². The van der Waals surface area contributed by atoms with E-state index in [-0.39, 0.29) is 0 Å². The third-order valence-electron chi connectivity index (χ3n) is 0.788. The standard InChI is InChI=1S/C7H11Cl/c1-3-5-7(8)6-4-2/h3,5H,1,4,6H2,2H3/b7-5+. The van der Waals surface area contributed by atoms with Crippen molar-refractivity contribution in [2.75, 3.05) is 0 Å². The quantitative estimate of drug-likeness (QED) is 0.515. The van der Waals surface area contributed by atoms with Crippen molar-refractivity contribution in [1.82, 2.24) is 0 Å². The summed E-state index contributed by atoms with van der Waals surface area (Å²) in [6, 6.07) is 0. The van der Waals surface area contributed by atoms with Crippen molar-refractivity contribution >= 4 is 11.6 Å². The van der Waals surface area contributed by atoms with E-state index in [9.17, 15) is 0 Å². The van der Waals surface area contributed by atoms with Crippen LogP contribution >= 0.6 is 11.6 Å². The molecule has 0 amide bonds. The number of halogens is 1. The first-order chi connectivity index (χ1) is 3.81. The topological polar surface area (TPSA) is 0 Å². The molecule has 0 aromatic rings. The first-order valence-corrected chi connectivity index (χ1v) is 3.16. The molecule has 0 bridgehead atoms. The summed E-state index contributed by atoms with van der Waals surface area (Å²) < 4.78 is 0. The molecule has 0 saturated carbocycles. The van der Waals surface area contributed by atoms with E-state index in [0.717, 1.165) is 17.9 Å². The molecule has 0 spiro atoms. The number of rotatable bonds is 3. The van der Waals surface area contributed by atoms with Gasteiger partial charge in [0.2, 0.25) is 0 Å². The van der Waals surface area contributed by atoms with Crippen molar-refractivity contribution in [3.05, 3.63) is 23.8 Å². The Labute approximate surface area is 55.9 Å². The van der Waals surface area contributed by atoms with Crippen LogP contribution in [0.2, 0.25) is 0 Å². The predicted molar refractivity (Wildman–Crippen MR) is 39.0 cm³/mol. The molecule has 0 aliphatic heterocycles. The molecule has 8 heavy (non-hydrogen) atoms. The highest BCUT2D eigenvalue weighted by Gasteiger charge is 1.84. The highest BCUT2D eigenvalue weighted by molar-refractivity contribution is 6.29. The van der Waals surface area contributed by atoms with Gasteiger partial charge in [0.15, 0.2) is 0 Å². The average molecular weight is 131 g/mol. The van der Waals surface area contributed by atoms with Crippen LogP contribution in [0.5, 0.6) is 0 Å². The van der Waals surface area contributed by atoms with Crippen LogP contribution < -0.4 is 0 Å². The molecule has 0 unspecified atom stereocenters. The van der Waals surface area contributed by atoms with E-state index in [0.29, 0.717) is 0 Å². The molecule has 0 aliphatic carbocycles. The highest BCUT2D eigenvalue weighted by Crippen LogP contribution is 2.08. The normalized spacial score (nSPS) is 11.5. The minimum Gasteiger partial charge on any atom is -0.0990 e. The van der Waals surface area contributed by atoms with Crippen molar-refractivity contribution in [1.29, 1.82) is 0 Å². The van der Waals surface area contributed by atoms with Gasteiger partial charge < -0.3 is 0 Å². The maximum absolute atomic E-state index is 5.67. The molecular formula is C7H11Cl. The Balaban J connectivity index is 3.44. The Kier molecular flexibility index (Phi) is 4.78. The number of hydrogen-bond donors (Lipinski definition) is 0. The molecule has 0 aromatic heterocycles. The molecular weight excluding hydrogens is 120 g/mol. The second-order valence-electron chi connectivity index (χ2n) is 1.60. The monoisotopic (exact) mass is 130 g/mol. The Morgan fingerprint density at radius 2 is 2.38 bits per heavy atom. The van der Waals surface area contributed by atoms with Gasteiger partial charge in [-0.05, 0) is 12.5 Å². The molecule has 1 heteroatoms. The van der Waals surface area contributed by atoms with Crippen LogP contribution in [0.25, 0.3) is 0 Å². The molecule has 0 aliphatic rings. The number of allylic oxidation sites excluding steroid dienone is 3. The van der Waals surface area contributed by atoms with Gasteiger partial charge in [-0.25, -0.2) is 0 Å². The largest absolute Gasteiger partial charge is 0.0990 e. The molecule has 0 radical (unpaired) electrons. The lowest BCUT2D eigenvalue weighted by Crippen LogP contribution is -1.67. The van der Waals surface area contributed by atoms with Crippen molar-refractivity contribution in [2.45, 2.75) is 19.8 Å². The predicted octanol–water partition coefficient (Wildman–Crippen LogP) is 3.10. The van der Waals surface area contributed by atoms with Crippen LogP contribution in [0, 0.1) is 0 Å². The smallest absolute Gasteiger partial charge is 0.0180 e. The molecule has 0 rings (SSSR count). The van der Waals surface area contributed by atoms with Crippen molar-refractivity contribution in [3.63, 3.8) is 0 Å². The summed E-state index contributed by atoms with van der Waals surface area (Å²) in [5.74, 6) is 0. The van der Waals surface area contributed by atoms with E-state index in [2.05, 4.69) is 13.5 Å². The summed E-state index contributed by atoms with van der Waals surface area (Å²) in [5, 5.41) is 0.891. The Hall–Kier alpha value is -0.230. The van der Waals surface area contributed by atoms with Gasteiger partial charge in [0.05, 0.1) is 0 Å². The Morgan fingerprint density at radius 1 is 1.75 bits per heavy atom. The molecule has 0 atom stereocenters. The molecule has 46 valence electrons. The highest BCUT2D eigenvalue weighted by atomic mass is 35.5. The Bertz CT molecular complexity index is 92.6. The van der Waals surface area contributed by atoms with Crippen LogP contribution in [0.3, 0.4) is 0 Å². The second kappa shape index (κ2) is 4.92. The zero-order valence-electron chi connectivity index (χ0n) is 5.15. The SMILES string of the molecule is C=C/C=C(/Cl)CCC. The van der Waals surface area contributed by atoms with Gasteiger partial charge in [-0.1, -0.05) is 37.6 Å². The van der Waals surface area contributed by atoms with Crippen LogP contribution in [-0.4, -0.2) is 0 Å². The van der Waals surface area contributed by atoms with E-state index in [1.165, 1.54) is 0 Å². The Morgan fingerprint density at radius 3 is 2.75 bits per heavy atom. The lowest BCUT2D eigenvalue weighted by molar-refractivity contribution is 0.945. The molecule has 0 fully saturated rings. The van der Waals surface area contributed by atoms with Gasteiger partial charge in [0.25, 0.3) is 0 Å². The van der Waals surface area contributed by atoms with E-state index < -0.39 is 0 Å². The van der Waals surface area contributed by atoms with E-state index in [1.807, 2.05) is 6.08 Å². The summed E-state index contributed by atoms with van der Waals surface area (Å²) in [6.07, 6.45) is 5.60. The van der Waals surface area contributed by atoms with Crippen LogP contribution in [-0.2, 0) is 0 Å². The fourth-order valence-corrected chi connectivity index (χ4v) is 0.728. The molecule has 0 nitrogen and oxygen atoms in total. The van der Waals surface area contributed by atoms with E-state index >= 15 is 0 Å². The average Bonchev–Trinajstić information content (AvgIpc) is 1.68. The van der Waals surface area contributed by atoms with Crippen LogP contribution in [0.4, 0.5) is 0 Å². The van der Waals surface area contributed by atoms with Crippen molar-refractivity contribution in [2.24, 2.45) is 0 Å². The summed E-state index contributed by atoms with van der Waals surface area (Å²) in [7, 11) is 0. The maximum atomic E-state index is 5.67. The zero-order valence-corrected chi connectivity index (χ0v) is 5.91. The van der Waals surface area contributed by atoms with Gasteiger partial charge in [-0.15, -0.1) is 0 Å². The van der Waals surface area contributed by atoms with Crippen molar-refractivity contribution < 1.29 is 0 Å². The third-order valence-corrected chi connectivity index (χ3v) is 1.10. The zero-order chi connectivity index (χ0) is 6.41. The van der Waals surface area contributed by atoms with Gasteiger partial charge in [0.1, 0.15) is 0 Å². The van der Waals surface area contributed by atoms with E-state index in [1.54, 1.807) is 6.08 Å². The molecule has 0 saturated heterocycles. The first-order valence-electron chi connectivity index (χ1n) is 2.78. The van der Waals surface area contributed by atoms with Gasteiger partial charge in [-0.3, -0.25) is 0 Å². The summed E-state index contributed by atoms with van der Waals surface area (Å²) in [4.78, 5) is 0. The lowest BCUT2D eigenvalue weighted by Gasteiger charge is -1.88. The third kappa shape index (κ3) is 3.94. The molecule has 0 N–H and O–H groups in total. The lowest BCUT2D eigenvalue weighted by atomic mass is 10.3. The summed E-state index contributed by atoms with van der Waals surface area (Å²) >= 11 is 5.67. The summed E-state index contributed by atoms with van der Waals surface area (Å²) in [6.45, 7) is 5.62. The van der Waals surface area contributed by atoms with E-state index in [4.69, 9.17) is 11.6 Å². The summed E-state index contributed by atoms with van der Waals surface area (Å²) in [5.41, 5.74) is 0. The maximum Gasteiger partial charge on any atom is 0.0180 e. The van der Waals surface area contributed by atoms with Gasteiger partial charge in [-0.2, -0.15) is 0 Å². The van der Waals surface area contributed by atoms with Gasteiger partial charge in [0, 0.05) is 5.03 Å². The minimum absolute atomic E-state index is 0.891. The number of hydrogen-bond acceptors (Lipinski definition) is 0. The van der Waals surface area contributed by atoms with Crippen LogP contribution in [0.1, 0.15) is 19.8 Å². The fraction of sp³-hybridized carbons (Fsp3) is 0.429. The van der Waals surface area contributed by atoms with Crippen molar-refractivity contribution in [3.8, 4) is 0 Å². The fourth-order valence-electron chi connectivity index (χ4n) is 0.450. The van der Waals surface area contributed by atoms with Gasteiger partial charge >= 0.3 is 0 Å². The molecule has 0 heterocycles.